The number of thiophene rings is 1. The third-order valence-electron chi connectivity index (χ3n) is 7.12. The number of carbonyl (C=O) groups excluding carboxylic acids is 3. The van der Waals surface area contributed by atoms with Crippen molar-refractivity contribution < 1.29 is 23.9 Å². The van der Waals surface area contributed by atoms with E-state index in [2.05, 4.69) is 4.90 Å². The minimum Gasteiger partial charge on any atom is -0.463 e. The monoisotopic (exact) mass is 489 g/mol. The van der Waals surface area contributed by atoms with Gasteiger partial charge in [0.1, 0.15) is 5.60 Å². The molecule has 1 atom stereocenters. The number of hydrogen-bond acceptors (Lipinski definition) is 8. The van der Waals surface area contributed by atoms with Crippen LogP contribution in [0.25, 0.3) is 6.08 Å². The van der Waals surface area contributed by atoms with Crippen molar-refractivity contribution in [1.82, 2.24) is 9.80 Å². The lowest BCUT2D eigenvalue weighted by atomic mass is 9.74. The Morgan fingerprint density at radius 2 is 2.03 bits per heavy atom. The number of carbonyl (C=O) groups is 3. The van der Waals surface area contributed by atoms with E-state index in [1.54, 1.807) is 19.1 Å². The Morgan fingerprint density at radius 3 is 2.68 bits per heavy atom. The molecule has 1 spiro atoms. The van der Waals surface area contributed by atoms with E-state index >= 15 is 0 Å². The maximum Gasteiger partial charge on any atom is 0.330 e. The highest BCUT2D eigenvalue weighted by Crippen LogP contribution is 2.46. The lowest BCUT2D eigenvalue weighted by Gasteiger charge is -2.44. The van der Waals surface area contributed by atoms with Gasteiger partial charge in [-0.2, -0.15) is 0 Å². The molecule has 4 heterocycles. The molecule has 3 fully saturated rings. The van der Waals surface area contributed by atoms with Gasteiger partial charge in [0.05, 0.1) is 22.6 Å². The van der Waals surface area contributed by atoms with E-state index < -0.39 is 5.97 Å². The standard InChI is InChI=1S/C25H35N3O5S/c1-4-32-20(29)7-6-18-14-19(21(26)34-18)22(30)27-12-8-17(9-13-27)28-11-5-10-25(16-28)15-24(2,3)33-23(25)31/h6-7,14,17H,4-5,8-13,15-16,26H2,1-3H3/b7-6+. The summed E-state index contributed by atoms with van der Waals surface area (Å²) in [6.45, 7) is 9.12. The summed E-state index contributed by atoms with van der Waals surface area (Å²) in [6, 6.07) is 2.10. The molecule has 34 heavy (non-hydrogen) atoms. The third kappa shape index (κ3) is 5.15. The van der Waals surface area contributed by atoms with Gasteiger partial charge < -0.3 is 20.1 Å². The quantitative estimate of drug-likeness (QED) is 0.500. The molecule has 2 N–H and O–H groups in total. The first kappa shape index (κ1) is 24.7. The topological polar surface area (TPSA) is 102 Å². The predicted octanol–water partition coefficient (Wildman–Crippen LogP) is 3.32. The van der Waals surface area contributed by atoms with Gasteiger partial charge in [0, 0.05) is 43.1 Å². The Balaban J connectivity index is 1.35. The number of piperidine rings is 2. The second-order valence-corrected chi connectivity index (χ2v) is 11.3. The normalized spacial score (nSPS) is 25.7. The average Bonchev–Trinajstić information content (AvgIpc) is 3.27. The number of nitrogen functional groups attached to an aromatic ring is 1. The maximum atomic E-state index is 13.1. The molecule has 1 amide bonds. The Labute approximate surface area is 205 Å². The maximum absolute atomic E-state index is 13.1. The molecule has 9 heteroatoms. The van der Waals surface area contributed by atoms with Gasteiger partial charge in [-0.25, -0.2) is 4.79 Å². The molecule has 4 rings (SSSR count). The number of likely N-dealkylation sites (tertiary alicyclic amines) is 2. The molecular formula is C25H35N3O5S. The van der Waals surface area contributed by atoms with Gasteiger partial charge in [0.15, 0.2) is 0 Å². The van der Waals surface area contributed by atoms with Crippen molar-refractivity contribution in [1.29, 1.82) is 0 Å². The summed E-state index contributed by atoms with van der Waals surface area (Å²) in [5.74, 6) is -0.534. The average molecular weight is 490 g/mol. The van der Waals surface area contributed by atoms with Gasteiger partial charge in [-0.3, -0.25) is 14.5 Å². The second kappa shape index (κ2) is 9.70. The molecule has 0 aromatic carbocycles. The molecule has 0 saturated carbocycles. The number of esters is 2. The van der Waals surface area contributed by atoms with Gasteiger partial charge >= 0.3 is 11.9 Å². The second-order valence-electron chi connectivity index (χ2n) is 10.2. The first-order valence-corrected chi connectivity index (χ1v) is 12.9. The van der Waals surface area contributed by atoms with Crippen LogP contribution in [0.4, 0.5) is 5.00 Å². The number of rotatable bonds is 5. The first-order valence-electron chi connectivity index (χ1n) is 12.1. The fraction of sp³-hybridized carbons (Fsp3) is 0.640. The smallest absolute Gasteiger partial charge is 0.330 e. The summed E-state index contributed by atoms with van der Waals surface area (Å²) >= 11 is 1.28. The van der Waals surface area contributed by atoms with Crippen molar-refractivity contribution in [2.24, 2.45) is 5.41 Å². The van der Waals surface area contributed by atoms with Crippen LogP contribution in [0.3, 0.4) is 0 Å². The molecule has 3 aliphatic rings. The summed E-state index contributed by atoms with van der Waals surface area (Å²) in [5, 5.41) is 0.455. The third-order valence-corrected chi connectivity index (χ3v) is 8.05. The zero-order valence-electron chi connectivity index (χ0n) is 20.3. The number of hydrogen-bond donors (Lipinski definition) is 1. The van der Waals surface area contributed by atoms with Gasteiger partial charge in [0.25, 0.3) is 5.91 Å². The van der Waals surface area contributed by atoms with Crippen LogP contribution in [-0.2, 0) is 19.1 Å². The molecule has 8 nitrogen and oxygen atoms in total. The van der Waals surface area contributed by atoms with Gasteiger partial charge in [0.2, 0.25) is 0 Å². The fourth-order valence-corrected chi connectivity index (χ4v) is 6.51. The van der Waals surface area contributed by atoms with Crippen molar-refractivity contribution in [2.45, 2.75) is 64.5 Å². The van der Waals surface area contributed by atoms with E-state index in [0.29, 0.717) is 36.3 Å². The van der Waals surface area contributed by atoms with Crippen LogP contribution < -0.4 is 5.73 Å². The number of cyclic esters (lactones) is 1. The molecule has 186 valence electrons. The minimum absolute atomic E-state index is 0.0458. The van der Waals surface area contributed by atoms with Gasteiger partial charge in [-0.05, 0) is 65.1 Å². The van der Waals surface area contributed by atoms with Crippen LogP contribution >= 0.6 is 11.3 Å². The fourth-order valence-electron chi connectivity index (χ4n) is 5.69. The number of nitrogens with two attached hydrogens (primary N) is 1. The van der Waals surface area contributed by atoms with E-state index in [9.17, 15) is 14.4 Å². The largest absolute Gasteiger partial charge is 0.463 e. The van der Waals surface area contributed by atoms with Crippen LogP contribution in [-0.4, -0.2) is 72.1 Å². The van der Waals surface area contributed by atoms with Crippen LogP contribution in [0.5, 0.6) is 0 Å². The van der Waals surface area contributed by atoms with Crippen LogP contribution in [0.15, 0.2) is 12.1 Å². The van der Waals surface area contributed by atoms with Crippen molar-refractivity contribution in [2.75, 3.05) is 38.5 Å². The zero-order valence-corrected chi connectivity index (χ0v) is 21.1. The van der Waals surface area contributed by atoms with Crippen molar-refractivity contribution in [3.05, 3.63) is 22.6 Å². The molecule has 3 aliphatic heterocycles. The van der Waals surface area contributed by atoms with E-state index in [0.717, 1.165) is 50.1 Å². The summed E-state index contributed by atoms with van der Waals surface area (Å²) < 4.78 is 10.6. The van der Waals surface area contributed by atoms with E-state index in [-0.39, 0.29) is 22.9 Å². The van der Waals surface area contributed by atoms with Crippen molar-refractivity contribution >= 4 is 40.3 Å². The molecule has 0 radical (unpaired) electrons. The Bertz CT molecular complexity index is 979. The molecule has 0 bridgehead atoms. The highest BCUT2D eigenvalue weighted by atomic mass is 32.1. The summed E-state index contributed by atoms with van der Waals surface area (Å²) in [6.07, 6.45) is 7.40. The van der Waals surface area contributed by atoms with Crippen LogP contribution in [0, 0.1) is 5.41 Å². The molecule has 3 saturated heterocycles. The minimum atomic E-state index is -0.418. The van der Waals surface area contributed by atoms with E-state index in [1.165, 1.54) is 17.4 Å². The summed E-state index contributed by atoms with van der Waals surface area (Å²) in [7, 11) is 0. The van der Waals surface area contributed by atoms with E-state index in [1.807, 2.05) is 18.7 Å². The number of nitrogens with zero attached hydrogens (tertiary/aromatic N) is 2. The SMILES string of the molecule is CCOC(=O)/C=C/c1cc(C(=O)N2CCC(N3CCCC4(C3)CC(C)(C)OC4=O)CC2)c(N)s1. The predicted molar refractivity (Wildman–Crippen MR) is 131 cm³/mol. The number of amides is 1. The highest BCUT2D eigenvalue weighted by Gasteiger charge is 2.54. The number of anilines is 1. The zero-order chi connectivity index (χ0) is 24.5. The van der Waals surface area contributed by atoms with E-state index in [4.69, 9.17) is 15.2 Å². The van der Waals surface area contributed by atoms with Crippen LogP contribution in [0.1, 0.15) is 68.1 Å². The Morgan fingerprint density at radius 1 is 1.29 bits per heavy atom. The van der Waals surface area contributed by atoms with Crippen LogP contribution in [0.2, 0.25) is 0 Å². The van der Waals surface area contributed by atoms with Gasteiger partial charge in [-0.1, -0.05) is 0 Å². The summed E-state index contributed by atoms with van der Waals surface area (Å²) in [5.41, 5.74) is 5.84. The highest BCUT2D eigenvalue weighted by molar-refractivity contribution is 7.17. The lowest BCUT2D eigenvalue weighted by molar-refractivity contribution is -0.154. The lowest BCUT2D eigenvalue weighted by Crippen LogP contribution is -2.53. The molecule has 1 aromatic rings. The molecule has 0 aliphatic carbocycles. The van der Waals surface area contributed by atoms with Crippen molar-refractivity contribution in [3.8, 4) is 0 Å². The van der Waals surface area contributed by atoms with Crippen molar-refractivity contribution in [3.63, 3.8) is 0 Å². The Kier molecular flexibility index (Phi) is 7.05. The first-order chi connectivity index (χ1) is 16.1. The molecule has 1 unspecified atom stereocenters. The summed E-state index contributed by atoms with van der Waals surface area (Å²) in [4.78, 5) is 42.4. The number of ether oxygens (including phenoxy) is 2. The van der Waals surface area contributed by atoms with Gasteiger partial charge in [-0.15, -0.1) is 11.3 Å². The molecule has 1 aromatic heterocycles. The Hall–Kier alpha value is -2.39. The molecular weight excluding hydrogens is 454 g/mol.